The van der Waals surface area contributed by atoms with Gasteiger partial charge in [0, 0.05) is 13.1 Å². The van der Waals surface area contributed by atoms with E-state index in [0.29, 0.717) is 13.1 Å². The fourth-order valence-corrected chi connectivity index (χ4v) is 3.20. The first-order chi connectivity index (χ1) is 11.9. The van der Waals surface area contributed by atoms with Crippen molar-refractivity contribution in [3.63, 3.8) is 0 Å². The number of hydrogen-bond acceptors (Lipinski definition) is 3. The summed E-state index contributed by atoms with van der Waals surface area (Å²) >= 11 is 0. The highest BCUT2D eigenvalue weighted by Gasteiger charge is 2.52. The zero-order chi connectivity index (χ0) is 19.3. The van der Waals surface area contributed by atoms with Gasteiger partial charge in [-0.25, -0.2) is 0 Å². The Labute approximate surface area is 151 Å². The number of carbonyl (C=O) groups is 1. The van der Waals surface area contributed by atoms with Gasteiger partial charge in [0.15, 0.2) is 0 Å². The smallest absolute Gasteiger partial charge is 0.399 e. The average Bonchev–Trinajstić information content (AvgIpc) is 3.12. The molecule has 2 heterocycles. The number of likely N-dealkylation sites (tertiary alicyclic amines) is 1. The summed E-state index contributed by atoms with van der Waals surface area (Å²) in [4.78, 5) is 14.0. The molecule has 1 amide bonds. The van der Waals surface area contributed by atoms with Gasteiger partial charge in [0.25, 0.3) is 5.91 Å². The molecule has 0 radical (unpaired) electrons. The van der Waals surface area contributed by atoms with Gasteiger partial charge in [0.05, 0.1) is 22.3 Å². The zero-order valence-corrected chi connectivity index (χ0v) is 15.4. The van der Waals surface area contributed by atoms with E-state index in [1.807, 2.05) is 27.7 Å². The van der Waals surface area contributed by atoms with E-state index < -0.39 is 36.0 Å². The molecule has 3 rings (SSSR count). The lowest BCUT2D eigenvalue weighted by Crippen LogP contribution is -2.41. The maximum Gasteiger partial charge on any atom is 0.494 e. The highest BCUT2D eigenvalue weighted by atomic mass is 19.4. The highest BCUT2D eigenvalue weighted by Crippen LogP contribution is 2.37. The van der Waals surface area contributed by atoms with Crippen LogP contribution in [-0.2, 0) is 15.5 Å². The molecule has 0 bridgehead atoms. The van der Waals surface area contributed by atoms with Crippen molar-refractivity contribution in [1.29, 1.82) is 0 Å². The lowest BCUT2D eigenvalue weighted by molar-refractivity contribution is -0.137. The summed E-state index contributed by atoms with van der Waals surface area (Å²) in [6.45, 7) is 8.34. The van der Waals surface area contributed by atoms with E-state index in [1.165, 1.54) is 17.0 Å². The van der Waals surface area contributed by atoms with Crippen LogP contribution in [0.4, 0.5) is 13.2 Å². The molecule has 2 saturated heterocycles. The van der Waals surface area contributed by atoms with Crippen molar-refractivity contribution in [3.05, 3.63) is 29.3 Å². The monoisotopic (exact) mass is 369 g/mol. The first-order valence-corrected chi connectivity index (χ1v) is 8.78. The fourth-order valence-electron chi connectivity index (χ4n) is 3.20. The number of carbonyl (C=O) groups excluding carboxylic acids is 1. The molecule has 0 unspecified atom stereocenters. The average molecular weight is 369 g/mol. The fraction of sp³-hybridized carbons (Fsp3) is 0.611. The number of amides is 1. The Kier molecular flexibility index (Phi) is 4.64. The third-order valence-corrected chi connectivity index (χ3v) is 5.50. The highest BCUT2D eigenvalue weighted by molar-refractivity contribution is 6.62. The van der Waals surface area contributed by atoms with Gasteiger partial charge in [-0.15, -0.1) is 0 Å². The molecule has 0 atom stereocenters. The van der Waals surface area contributed by atoms with Gasteiger partial charge in [-0.2, -0.15) is 13.2 Å². The summed E-state index contributed by atoms with van der Waals surface area (Å²) in [5.74, 6) is -0.574. The molecule has 8 heteroatoms. The second-order valence-corrected chi connectivity index (χ2v) is 7.89. The number of alkyl halides is 3. The summed E-state index contributed by atoms with van der Waals surface area (Å²) in [5, 5.41) is 0. The molecule has 0 N–H and O–H groups in total. The largest absolute Gasteiger partial charge is 0.494 e. The van der Waals surface area contributed by atoms with Gasteiger partial charge in [-0.05, 0) is 58.1 Å². The summed E-state index contributed by atoms with van der Waals surface area (Å²) in [7, 11) is -0.906. The van der Waals surface area contributed by atoms with E-state index in [1.54, 1.807) is 0 Å². The van der Waals surface area contributed by atoms with Crippen LogP contribution in [0, 0.1) is 0 Å². The molecule has 2 fully saturated rings. The Morgan fingerprint density at radius 2 is 1.62 bits per heavy atom. The molecule has 4 nitrogen and oxygen atoms in total. The zero-order valence-electron chi connectivity index (χ0n) is 15.4. The summed E-state index contributed by atoms with van der Waals surface area (Å²) in [6, 6.07) is 3.70. The Hall–Kier alpha value is -1.54. The van der Waals surface area contributed by atoms with Gasteiger partial charge in [-0.1, -0.05) is 6.07 Å². The summed E-state index contributed by atoms with van der Waals surface area (Å²) in [6.07, 6.45) is -3.00. The van der Waals surface area contributed by atoms with Crippen LogP contribution in [0.5, 0.6) is 0 Å². The van der Waals surface area contributed by atoms with Gasteiger partial charge in [0.1, 0.15) is 0 Å². The number of rotatable bonds is 2. The molecular formula is C18H23BF3NO3. The normalized spacial score (nSPS) is 22.1. The van der Waals surface area contributed by atoms with Crippen LogP contribution in [0.15, 0.2) is 18.2 Å². The molecule has 2 aliphatic rings. The van der Waals surface area contributed by atoms with Crippen LogP contribution < -0.4 is 5.46 Å². The number of nitrogens with zero attached hydrogens (tertiary/aromatic N) is 1. The number of hydrogen-bond donors (Lipinski definition) is 0. The van der Waals surface area contributed by atoms with Crippen LogP contribution in [-0.4, -0.2) is 42.2 Å². The second kappa shape index (κ2) is 6.27. The second-order valence-electron chi connectivity index (χ2n) is 7.89. The van der Waals surface area contributed by atoms with Crippen molar-refractivity contribution in [2.24, 2.45) is 0 Å². The Balaban J connectivity index is 1.96. The minimum atomic E-state index is -4.63. The minimum Gasteiger partial charge on any atom is -0.399 e. The molecule has 1 aromatic carbocycles. The molecule has 1 aromatic rings. The summed E-state index contributed by atoms with van der Waals surface area (Å²) in [5.41, 5.74) is -2.31. The number of benzene rings is 1. The Morgan fingerprint density at radius 1 is 1.08 bits per heavy atom. The predicted octanol–water partition coefficient (Wildman–Crippen LogP) is 3.24. The van der Waals surface area contributed by atoms with Crippen LogP contribution in [0.2, 0.25) is 0 Å². The van der Waals surface area contributed by atoms with Crippen molar-refractivity contribution in [2.75, 3.05) is 13.1 Å². The molecule has 2 aliphatic heterocycles. The van der Waals surface area contributed by atoms with E-state index in [2.05, 4.69) is 0 Å². The number of halogens is 3. The maximum atomic E-state index is 13.6. The first kappa shape index (κ1) is 19.2. The molecule has 0 aliphatic carbocycles. The van der Waals surface area contributed by atoms with Crippen LogP contribution >= 0.6 is 0 Å². The Bertz CT molecular complexity index is 696. The first-order valence-electron chi connectivity index (χ1n) is 8.78. The standard InChI is InChI=1S/C18H23BF3NO3/c1-16(2)17(3,4)26-19(25-16)12-7-8-13(14(11-12)18(20,21)22)15(24)23-9-5-6-10-23/h7-8,11H,5-6,9-10H2,1-4H3. The van der Waals surface area contributed by atoms with Crippen molar-refractivity contribution >= 4 is 18.5 Å². The van der Waals surface area contributed by atoms with Gasteiger partial charge >= 0.3 is 13.3 Å². The molecule has 0 aromatic heterocycles. The molecular weight excluding hydrogens is 346 g/mol. The minimum absolute atomic E-state index is 0.258. The van der Waals surface area contributed by atoms with E-state index in [0.717, 1.165) is 18.9 Å². The molecule has 0 saturated carbocycles. The van der Waals surface area contributed by atoms with Crippen LogP contribution in [0.3, 0.4) is 0 Å². The lowest BCUT2D eigenvalue weighted by Gasteiger charge is -2.32. The van der Waals surface area contributed by atoms with Crippen LogP contribution in [0.1, 0.15) is 56.5 Å². The van der Waals surface area contributed by atoms with Gasteiger partial charge in [0.2, 0.25) is 0 Å². The topological polar surface area (TPSA) is 38.8 Å². The molecule has 0 spiro atoms. The maximum absolute atomic E-state index is 13.6. The van der Waals surface area contributed by atoms with E-state index >= 15 is 0 Å². The van der Waals surface area contributed by atoms with E-state index in [-0.39, 0.29) is 11.0 Å². The predicted molar refractivity (Wildman–Crippen MR) is 92.3 cm³/mol. The molecule has 142 valence electrons. The summed E-state index contributed by atoms with van der Waals surface area (Å²) < 4.78 is 52.5. The van der Waals surface area contributed by atoms with Crippen LogP contribution in [0.25, 0.3) is 0 Å². The van der Waals surface area contributed by atoms with Gasteiger partial charge < -0.3 is 14.2 Å². The van der Waals surface area contributed by atoms with E-state index in [4.69, 9.17) is 9.31 Å². The van der Waals surface area contributed by atoms with Crippen molar-refractivity contribution < 1.29 is 27.3 Å². The van der Waals surface area contributed by atoms with Gasteiger partial charge in [-0.3, -0.25) is 4.79 Å². The van der Waals surface area contributed by atoms with Crippen molar-refractivity contribution in [2.45, 2.75) is 57.9 Å². The Morgan fingerprint density at radius 3 is 2.12 bits per heavy atom. The SMILES string of the molecule is CC1(C)OB(c2ccc(C(=O)N3CCCC3)c(C(F)(F)F)c2)OC1(C)C. The van der Waals surface area contributed by atoms with Crippen molar-refractivity contribution in [3.8, 4) is 0 Å². The third-order valence-electron chi connectivity index (χ3n) is 5.50. The molecule has 26 heavy (non-hydrogen) atoms. The van der Waals surface area contributed by atoms with E-state index in [9.17, 15) is 18.0 Å². The third kappa shape index (κ3) is 3.36. The quantitative estimate of drug-likeness (QED) is 0.752. The lowest BCUT2D eigenvalue weighted by atomic mass is 9.77. The van der Waals surface area contributed by atoms with Crippen molar-refractivity contribution in [1.82, 2.24) is 4.90 Å².